The second-order valence-corrected chi connectivity index (χ2v) is 6.54. The normalized spacial score (nSPS) is 15.3. The smallest absolute Gasteiger partial charge is 0.387 e. The summed E-state index contributed by atoms with van der Waals surface area (Å²) < 4.78 is 35.1. The van der Waals surface area contributed by atoms with Crippen LogP contribution in [0.15, 0.2) is 41.0 Å². The van der Waals surface area contributed by atoms with Crippen LogP contribution in [0, 0.1) is 6.92 Å². The average molecular weight is 381 g/mol. The number of hydrogen-bond donors (Lipinski definition) is 1. The highest BCUT2D eigenvalue weighted by atomic mass is 32.1. The summed E-state index contributed by atoms with van der Waals surface area (Å²) in [4.78, 5) is 4.32. The number of rotatable bonds is 5. The van der Waals surface area contributed by atoms with Crippen molar-refractivity contribution in [3.05, 3.63) is 47.9 Å². The molecule has 1 aliphatic heterocycles. The van der Waals surface area contributed by atoms with Crippen LogP contribution in [0.4, 0.5) is 14.5 Å². The van der Waals surface area contributed by atoms with Crippen molar-refractivity contribution in [1.82, 2.24) is 9.80 Å². The van der Waals surface area contributed by atoms with E-state index in [1.165, 1.54) is 6.07 Å². The van der Waals surface area contributed by atoms with E-state index in [9.17, 15) is 8.78 Å². The number of ether oxygens (including phenoxy) is 1. The Hall–Kier alpha value is -2.19. The van der Waals surface area contributed by atoms with Crippen molar-refractivity contribution in [3.8, 4) is 5.75 Å². The molecule has 1 saturated heterocycles. The molecule has 1 aliphatic rings. The van der Waals surface area contributed by atoms with E-state index in [-0.39, 0.29) is 5.75 Å². The number of benzene rings is 1. The van der Waals surface area contributed by atoms with Crippen molar-refractivity contribution < 1.29 is 17.9 Å². The lowest BCUT2D eigenvalue weighted by Crippen LogP contribution is -2.49. The Morgan fingerprint density at radius 1 is 1.27 bits per heavy atom. The van der Waals surface area contributed by atoms with Crippen LogP contribution < -0.4 is 10.1 Å². The number of anilines is 1. The van der Waals surface area contributed by atoms with Crippen molar-refractivity contribution in [2.45, 2.75) is 20.1 Å². The summed E-state index contributed by atoms with van der Waals surface area (Å²) in [5, 5.41) is 3.56. The van der Waals surface area contributed by atoms with Gasteiger partial charge in [-0.15, -0.1) is 0 Å². The third-order valence-electron chi connectivity index (χ3n) is 4.21. The topological polar surface area (TPSA) is 40.9 Å². The van der Waals surface area contributed by atoms with Crippen LogP contribution in [0.25, 0.3) is 0 Å². The van der Waals surface area contributed by atoms with Crippen LogP contribution in [0.5, 0.6) is 5.75 Å². The first-order chi connectivity index (χ1) is 12.5. The van der Waals surface area contributed by atoms with E-state index in [1.807, 2.05) is 24.0 Å². The Morgan fingerprint density at radius 2 is 2.04 bits per heavy atom. The summed E-state index contributed by atoms with van der Waals surface area (Å²) in [5.74, 6) is 1.03. The predicted octanol–water partition coefficient (Wildman–Crippen LogP) is 3.70. The molecule has 0 spiro atoms. The van der Waals surface area contributed by atoms with Crippen LogP contribution in [0.1, 0.15) is 11.3 Å². The molecule has 2 aromatic rings. The monoisotopic (exact) mass is 381 g/mol. The molecule has 1 aromatic heterocycles. The molecule has 0 unspecified atom stereocenters. The third kappa shape index (κ3) is 4.92. The van der Waals surface area contributed by atoms with E-state index in [1.54, 1.807) is 18.4 Å². The lowest BCUT2D eigenvalue weighted by Gasteiger charge is -2.35. The predicted molar refractivity (Wildman–Crippen MR) is 99.6 cm³/mol. The summed E-state index contributed by atoms with van der Waals surface area (Å²) in [5.41, 5.74) is 1.38. The molecule has 2 heterocycles. The van der Waals surface area contributed by atoms with Crippen LogP contribution in [0.3, 0.4) is 0 Å². The van der Waals surface area contributed by atoms with E-state index < -0.39 is 6.61 Å². The molecule has 8 heteroatoms. The molecular formula is C18H21F2N3O2S. The maximum absolute atomic E-state index is 12.6. The maximum atomic E-state index is 12.6. The maximum Gasteiger partial charge on any atom is 0.387 e. The average Bonchev–Trinajstić information content (AvgIpc) is 3.10. The SMILES string of the molecule is Cc1ccc(OC(F)F)c(NC(=S)N2CCN(Cc3ccco3)CC2)c1. The minimum absolute atomic E-state index is 0.0874. The van der Waals surface area contributed by atoms with Gasteiger partial charge in [-0.1, -0.05) is 6.07 Å². The van der Waals surface area contributed by atoms with Crippen molar-refractivity contribution >= 4 is 23.0 Å². The Labute approximate surface area is 156 Å². The number of nitrogens with zero attached hydrogens (tertiary/aromatic N) is 2. The van der Waals surface area contributed by atoms with Crippen molar-refractivity contribution in [3.63, 3.8) is 0 Å². The summed E-state index contributed by atoms with van der Waals surface area (Å²) in [6.07, 6.45) is 1.67. The molecule has 0 amide bonds. The van der Waals surface area contributed by atoms with Crippen molar-refractivity contribution in [1.29, 1.82) is 0 Å². The standard InChI is InChI=1S/C18H21F2N3O2S/c1-13-4-5-16(25-17(19)20)15(11-13)21-18(26)23-8-6-22(7-9-23)12-14-3-2-10-24-14/h2-5,10-11,17H,6-9,12H2,1H3,(H,21,26). The highest BCUT2D eigenvalue weighted by Gasteiger charge is 2.20. The third-order valence-corrected chi connectivity index (χ3v) is 4.57. The van der Waals surface area contributed by atoms with Gasteiger partial charge in [0, 0.05) is 26.2 Å². The molecule has 0 atom stereocenters. The minimum Gasteiger partial charge on any atom is -0.468 e. The molecule has 0 bridgehead atoms. The van der Waals surface area contributed by atoms with Crippen molar-refractivity contribution in [2.75, 3.05) is 31.5 Å². The number of hydrogen-bond acceptors (Lipinski definition) is 4. The Balaban J connectivity index is 1.56. The Kier molecular flexibility index (Phi) is 6.05. The van der Waals surface area contributed by atoms with Gasteiger partial charge >= 0.3 is 6.61 Å². The lowest BCUT2D eigenvalue weighted by atomic mass is 10.2. The number of piperazine rings is 1. The number of alkyl halides is 2. The largest absolute Gasteiger partial charge is 0.468 e. The fraction of sp³-hybridized carbons (Fsp3) is 0.389. The van der Waals surface area contributed by atoms with Gasteiger partial charge < -0.3 is 19.4 Å². The minimum atomic E-state index is -2.88. The van der Waals surface area contributed by atoms with Gasteiger partial charge in [-0.25, -0.2) is 0 Å². The van der Waals surface area contributed by atoms with Gasteiger partial charge in [-0.3, -0.25) is 4.90 Å². The van der Waals surface area contributed by atoms with E-state index in [4.69, 9.17) is 16.6 Å². The molecule has 3 rings (SSSR count). The van der Waals surface area contributed by atoms with Gasteiger partial charge in [0.2, 0.25) is 0 Å². The Morgan fingerprint density at radius 3 is 2.69 bits per heavy atom. The van der Waals surface area contributed by atoms with Crippen LogP contribution >= 0.6 is 12.2 Å². The van der Waals surface area contributed by atoms with E-state index in [2.05, 4.69) is 15.0 Å². The van der Waals surface area contributed by atoms with Gasteiger partial charge in [0.05, 0.1) is 18.5 Å². The van der Waals surface area contributed by atoms with Crippen LogP contribution in [0.2, 0.25) is 0 Å². The van der Waals surface area contributed by atoms with E-state index >= 15 is 0 Å². The van der Waals surface area contributed by atoms with E-state index in [0.717, 1.165) is 44.0 Å². The number of thiocarbonyl (C=S) groups is 1. The van der Waals surface area contributed by atoms with Crippen LogP contribution in [-0.2, 0) is 6.54 Å². The number of aryl methyl sites for hydroxylation is 1. The summed E-state index contributed by atoms with van der Waals surface area (Å²) in [6, 6.07) is 8.83. The molecule has 0 radical (unpaired) electrons. The van der Waals surface area contributed by atoms with Gasteiger partial charge in [0.25, 0.3) is 0 Å². The quantitative estimate of drug-likeness (QED) is 0.797. The van der Waals surface area contributed by atoms with E-state index in [0.29, 0.717) is 10.8 Å². The van der Waals surface area contributed by atoms with Gasteiger partial charge in [0.15, 0.2) is 5.11 Å². The first kappa shape index (κ1) is 18.6. The molecule has 5 nitrogen and oxygen atoms in total. The highest BCUT2D eigenvalue weighted by molar-refractivity contribution is 7.80. The zero-order valence-corrected chi connectivity index (χ0v) is 15.3. The molecule has 1 aromatic carbocycles. The fourth-order valence-electron chi connectivity index (χ4n) is 2.87. The first-order valence-electron chi connectivity index (χ1n) is 8.37. The molecule has 26 heavy (non-hydrogen) atoms. The molecule has 0 aliphatic carbocycles. The molecule has 0 saturated carbocycles. The molecule has 1 N–H and O–H groups in total. The van der Waals surface area contributed by atoms with Gasteiger partial charge in [-0.05, 0) is 49.0 Å². The van der Waals surface area contributed by atoms with Crippen LogP contribution in [-0.4, -0.2) is 47.7 Å². The molecule has 140 valence electrons. The molecular weight excluding hydrogens is 360 g/mol. The van der Waals surface area contributed by atoms with Gasteiger partial charge in [0.1, 0.15) is 11.5 Å². The summed E-state index contributed by atoms with van der Waals surface area (Å²) in [7, 11) is 0. The lowest BCUT2D eigenvalue weighted by molar-refractivity contribution is -0.0493. The number of furan rings is 1. The van der Waals surface area contributed by atoms with Gasteiger partial charge in [-0.2, -0.15) is 8.78 Å². The second kappa shape index (κ2) is 8.46. The number of nitrogens with one attached hydrogen (secondary N) is 1. The fourth-order valence-corrected chi connectivity index (χ4v) is 3.16. The zero-order chi connectivity index (χ0) is 18.5. The highest BCUT2D eigenvalue weighted by Crippen LogP contribution is 2.27. The first-order valence-corrected chi connectivity index (χ1v) is 8.78. The second-order valence-electron chi connectivity index (χ2n) is 6.15. The number of halogens is 2. The summed E-state index contributed by atoms with van der Waals surface area (Å²) >= 11 is 5.46. The summed E-state index contributed by atoms with van der Waals surface area (Å²) in [6.45, 7) is 2.97. The zero-order valence-electron chi connectivity index (χ0n) is 14.5. The molecule has 1 fully saturated rings. The Bertz CT molecular complexity index is 732. The van der Waals surface area contributed by atoms with Crippen molar-refractivity contribution in [2.24, 2.45) is 0 Å².